The smallest absolute Gasteiger partial charge is 0.138 e. The van der Waals surface area contributed by atoms with Gasteiger partial charge in [-0.05, 0) is 65.1 Å². The van der Waals surface area contributed by atoms with Gasteiger partial charge in [0, 0.05) is 24.3 Å². The number of anilines is 1. The largest absolute Gasteiger partial charge is 0.399 e. The SMILES string of the molecule is Cc1cccc2[nH]c(-c3cccc(-c4cccc(CNCc5cccc(N)c5)c4)c3)nc12. The number of H-pyrrole nitrogens is 1. The number of benzene rings is 4. The predicted octanol–water partition coefficient (Wildman–Crippen LogP) is 6.08. The highest BCUT2D eigenvalue weighted by Crippen LogP contribution is 2.27. The second kappa shape index (κ2) is 8.69. The maximum Gasteiger partial charge on any atom is 0.138 e. The van der Waals surface area contributed by atoms with Gasteiger partial charge in [-0.1, -0.05) is 60.7 Å². The quantitative estimate of drug-likeness (QED) is 0.293. The number of nitrogens with one attached hydrogen (secondary N) is 2. The van der Waals surface area contributed by atoms with Crippen molar-refractivity contribution < 1.29 is 0 Å². The minimum absolute atomic E-state index is 0.788. The molecule has 4 heteroatoms. The summed E-state index contributed by atoms with van der Waals surface area (Å²) in [7, 11) is 0. The molecule has 0 unspecified atom stereocenters. The first kappa shape index (κ1) is 20.0. The van der Waals surface area contributed by atoms with Crippen molar-refractivity contribution in [2.75, 3.05) is 5.73 Å². The minimum Gasteiger partial charge on any atom is -0.399 e. The van der Waals surface area contributed by atoms with Gasteiger partial charge in [-0.2, -0.15) is 0 Å². The molecule has 0 atom stereocenters. The molecule has 0 bridgehead atoms. The summed E-state index contributed by atoms with van der Waals surface area (Å²) in [5.74, 6) is 0.899. The Morgan fingerprint density at radius 2 is 1.41 bits per heavy atom. The van der Waals surface area contributed by atoms with Crippen molar-refractivity contribution in [2.45, 2.75) is 20.0 Å². The first-order chi connectivity index (χ1) is 15.7. The fourth-order valence-electron chi connectivity index (χ4n) is 4.07. The van der Waals surface area contributed by atoms with Gasteiger partial charge < -0.3 is 16.0 Å². The Morgan fingerprint density at radius 1 is 0.750 bits per heavy atom. The Hall–Kier alpha value is -3.89. The summed E-state index contributed by atoms with van der Waals surface area (Å²) in [6, 6.07) is 31.4. The maximum atomic E-state index is 5.87. The van der Waals surface area contributed by atoms with Crippen LogP contribution in [-0.4, -0.2) is 9.97 Å². The first-order valence-electron chi connectivity index (χ1n) is 10.9. The molecule has 0 saturated heterocycles. The summed E-state index contributed by atoms with van der Waals surface area (Å²) >= 11 is 0. The number of aromatic amines is 1. The molecule has 0 aliphatic carbocycles. The molecule has 0 radical (unpaired) electrons. The van der Waals surface area contributed by atoms with Gasteiger partial charge in [0.1, 0.15) is 5.82 Å². The van der Waals surface area contributed by atoms with Gasteiger partial charge in [0.05, 0.1) is 11.0 Å². The van der Waals surface area contributed by atoms with E-state index >= 15 is 0 Å². The van der Waals surface area contributed by atoms with Crippen LogP contribution in [0.2, 0.25) is 0 Å². The number of hydrogen-bond acceptors (Lipinski definition) is 3. The number of para-hydroxylation sites is 1. The third-order valence-corrected chi connectivity index (χ3v) is 5.72. The summed E-state index contributed by atoms with van der Waals surface area (Å²) in [5.41, 5.74) is 15.8. The van der Waals surface area contributed by atoms with E-state index in [-0.39, 0.29) is 0 Å². The van der Waals surface area contributed by atoms with Gasteiger partial charge in [-0.3, -0.25) is 0 Å². The Kier molecular flexibility index (Phi) is 5.44. The van der Waals surface area contributed by atoms with E-state index in [0.717, 1.165) is 41.2 Å². The van der Waals surface area contributed by atoms with E-state index in [9.17, 15) is 0 Å². The maximum absolute atomic E-state index is 5.87. The van der Waals surface area contributed by atoms with Crippen molar-refractivity contribution in [1.82, 2.24) is 15.3 Å². The zero-order valence-electron chi connectivity index (χ0n) is 18.1. The molecule has 1 heterocycles. The van der Waals surface area contributed by atoms with E-state index < -0.39 is 0 Å². The summed E-state index contributed by atoms with van der Waals surface area (Å²) in [6.45, 7) is 3.68. The van der Waals surface area contributed by atoms with Crippen molar-refractivity contribution in [2.24, 2.45) is 0 Å². The van der Waals surface area contributed by atoms with Gasteiger partial charge in [0.15, 0.2) is 0 Å². The molecule has 4 aromatic carbocycles. The zero-order valence-corrected chi connectivity index (χ0v) is 18.1. The predicted molar refractivity (Wildman–Crippen MR) is 133 cm³/mol. The normalized spacial score (nSPS) is 11.2. The standard InChI is InChI=1S/C28H26N4/c1-19-6-2-13-26-27(19)32-28(31-26)24-11-5-10-23(16-24)22-9-3-7-20(14-22)17-30-18-21-8-4-12-25(29)15-21/h2-16,30H,17-18,29H2,1H3,(H,31,32). The monoisotopic (exact) mass is 418 g/mol. The van der Waals surface area contributed by atoms with Gasteiger partial charge in [0.25, 0.3) is 0 Å². The van der Waals surface area contributed by atoms with Crippen molar-refractivity contribution in [3.8, 4) is 22.5 Å². The molecule has 5 aromatic rings. The number of nitrogens with zero attached hydrogens (tertiary/aromatic N) is 1. The molecule has 1 aromatic heterocycles. The summed E-state index contributed by atoms with van der Waals surface area (Å²) in [5, 5.41) is 3.51. The third kappa shape index (κ3) is 4.27. The molecular weight excluding hydrogens is 392 g/mol. The Balaban J connectivity index is 1.35. The molecule has 4 N–H and O–H groups in total. The molecule has 0 amide bonds. The summed E-state index contributed by atoms with van der Waals surface area (Å²) in [4.78, 5) is 8.30. The fourth-order valence-corrected chi connectivity index (χ4v) is 4.07. The summed E-state index contributed by atoms with van der Waals surface area (Å²) in [6.07, 6.45) is 0. The van der Waals surface area contributed by atoms with Gasteiger partial charge >= 0.3 is 0 Å². The molecular formula is C28H26N4. The van der Waals surface area contributed by atoms with E-state index in [1.54, 1.807) is 0 Å². The van der Waals surface area contributed by atoms with Crippen LogP contribution in [0.4, 0.5) is 5.69 Å². The highest BCUT2D eigenvalue weighted by Gasteiger charge is 2.08. The fraction of sp³-hybridized carbons (Fsp3) is 0.107. The van der Waals surface area contributed by atoms with Crippen LogP contribution >= 0.6 is 0 Å². The van der Waals surface area contributed by atoms with E-state index in [2.05, 4.69) is 90.0 Å². The molecule has 0 aliphatic heterocycles. The summed E-state index contributed by atoms with van der Waals surface area (Å²) < 4.78 is 0. The van der Waals surface area contributed by atoms with E-state index in [1.807, 2.05) is 18.2 Å². The van der Waals surface area contributed by atoms with E-state index in [4.69, 9.17) is 10.7 Å². The average molecular weight is 419 g/mol. The zero-order chi connectivity index (χ0) is 21.9. The lowest BCUT2D eigenvalue weighted by Gasteiger charge is -2.09. The Morgan fingerprint density at radius 3 is 2.19 bits per heavy atom. The van der Waals surface area contributed by atoms with Crippen molar-refractivity contribution in [3.05, 3.63) is 108 Å². The number of rotatable bonds is 6. The van der Waals surface area contributed by atoms with E-state index in [1.165, 1.54) is 27.8 Å². The number of nitrogen functional groups attached to an aromatic ring is 1. The topological polar surface area (TPSA) is 66.7 Å². The molecule has 32 heavy (non-hydrogen) atoms. The van der Waals surface area contributed by atoms with Crippen LogP contribution in [0.3, 0.4) is 0 Å². The number of nitrogens with two attached hydrogens (primary N) is 1. The highest BCUT2D eigenvalue weighted by molar-refractivity contribution is 5.83. The molecule has 0 aliphatic rings. The second-order valence-electron chi connectivity index (χ2n) is 8.19. The van der Waals surface area contributed by atoms with Crippen LogP contribution in [0.5, 0.6) is 0 Å². The average Bonchev–Trinajstić information content (AvgIpc) is 3.26. The molecule has 0 saturated carbocycles. The molecule has 158 valence electrons. The lowest BCUT2D eigenvalue weighted by molar-refractivity contribution is 0.694. The van der Waals surface area contributed by atoms with E-state index in [0.29, 0.717) is 0 Å². The number of aromatic nitrogens is 2. The number of hydrogen-bond donors (Lipinski definition) is 3. The van der Waals surface area contributed by atoms with Gasteiger partial charge in [0.2, 0.25) is 0 Å². The highest BCUT2D eigenvalue weighted by atomic mass is 14.9. The van der Waals surface area contributed by atoms with Crippen molar-refractivity contribution in [1.29, 1.82) is 0 Å². The van der Waals surface area contributed by atoms with Crippen LogP contribution in [-0.2, 0) is 13.1 Å². The second-order valence-corrected chi connectivity index (χ2v) is 8.19. The van der Waals surface area contributed by atoms with Crippen LogP contribution in [0, 0.1) is 6.92 Å². The van der Waals surface area contributed by atoms with Crippen molar-refractivity contribution in [3.63, 3.8) is 0 Å². The molecule has 5 rings (SSSR count). The van der Waals surface area contributed by atoms with Gasteiger partial charge in [-0.25, -0.2) is 4.98 Å². The molecule has 0 spiro atoms. The minimum atomic E-state index is 0.788. The third-order valence-electron chi connectivity index (χ3n) is 5.72. The van der Waals surface area contributed by atoms with Gasteiger partial charge in [-0.15, -0.1) is 0 Å². The number of imidazole rings is 1. The number of fused-ring (bicyclic) bond motifs is 1. The Labute approximate surface area is 188 Å². The Bertz CT molecular complexity index is 1380. The van der Waals surface area contributed by atoms with Crippen LogP contribution < -0.4 is 11.1 Å². The van der Waals surface area contributed by atoms with Crippen molar-refractivity contribution >= 4 is 16.7 Å². The molecule has 4 nitrogen and oxygen atoms in total. The number of aryl methyl sites for hydroxylation is 1. The van der Waals surface area contributed by atoms with Crippen LogP contribution in [0.1, 0.15) is 16.7 Å². The van der Waals surface area contributed by atoms with Crippen LogP contribution in [0.25, 0.3) is 33.5 Å². The lowest BCUT2D eigenvalue weighted by Crippen LogP contribution is -2.12. The first-order valence-corrected chi connectivity index (χ1v) is 10.9. The van der Waals surface area contributed by atoms with Crippen LogP contribution in [0.15, 0.2) is 91.0 Å². The lowest BCUT2D eigenvalue weighted by atomic mass is 10.0. The molecule has 0 fully saturated rings.